The number of benzene rings is 1. The number of anilines is 1. The van der Waals surface area contributed by atoms with Crippen LogP contribution in [0.1, 0.15) is 4.88 Å². The highest BCUT2D eigenvalue weighted by molar-refractivity contribution is 7.93. The van der Waals surface area contributed by atoms with Gasteiger partial charge in [-0.15, -0.1) is 11.3 Å². The van der Waals surface area contributed by atoms with Gasteiger partial charge in [-0.05, 0) is 23.6 Å². The van der Waals surface area contributed by atoms with Crippen molar-refractivity contribution in [3.8, 4) is 0 Å². The first-order chi connectivity index (χ1) is 9.35. The van der Waals surface area contributed by atoms with Gasteiger partial charge < -0.3 is 5.73 Å². The minimum absolute atomic E-state index is 0.132. The number of sulfonamides is 1. The van der Waals surface area contributed by atoms with Gasteiger partial charge >= 0.3 is 0 Å². The molecular formula is C11H9Cl3N2O2S2. The van der Waals surface area contributed by atoms with Gasteiger partial charge in [-0.1, -0.05) is 34.8 Å². The van der Waals surface area contributed by atoms with Crippen molar-refractivity contribution in [2.24, 2.45) is 5.73 Å². The molecule has 9 heteroatoms. The second-order valence-corrected chi connectivity index (χ2v) is 7.64. The minimum Gasteiger partial charge on any atom is -0.326 e. The van der Waals surface area contributed by atoms with E-state index in [9.17, 15) is 8.42 Å². The van der Waals surface area contributed by atoms with Crippen molar-refractivity contribution in [2.45, 2.75) is 11.4 Å². The Morgan fingerprint density at radius 2 is 1.80 bits per heavy atom. The van der Waals surface area contributed by atoms with Gasteiger partial charge in [0.15, 0.2) is 0 Å². The second-order valence-electron chi connectivity index (χ2n) is 3.76. The summed E-state index contributed by atoms with van der Waals surface area (Å²) >= 11 is 18.9. The van der Waals surface area contributed by atoms with Gasteiger partial charge in [0.1, 0.15) is 4.90 Å². The topological polar surface area (TPSA) is 72.2 Å². The van der Waals surface area contributed by atoms with E-state index in [4.69, 9.17) is 40.5 Å². The van der Waals surface area contributed by atoms with Crippen LogP contribution in [0.15, 0.2) is 28.5 Å². The van der Waals surface area contributed by atoms with E-state index in [1.165, 1.54) is 29.5 Å². The molecular weight excluding hydrogens is 363 g/mol. The third-order valence-corrected chi connectivity index (χ3v) is 5.99. The van der Waals surface area contributed by atoms with Crippen LogP contribution >= 0.6 is 46.1 Å². The van der Waals surface area contributed by atoms with Crippen LogP contribution in [0.5, 0.6) is 0 Å². The molecule has 1 aromatic carbocycles. The van der Waals surface area contributed by atoms with Gasteiger partial charge in [0.2, 0.25) is 0 Å². The number of hydrogen-bond donors (Lipinski definition) is 2. The Labute approximate surface area is 135 Å². The summed E-state index contributed by atoms with van der Waals surface area (Å²) in [4.78, 5) is 0.695. The van der Waals surface area contributed by atoms with Gasteiger partial charge in [0.05, 0.1) is 20.8 Å². The standard InChI is InChI=1S/C11H9Cl3N2O2S2/c12-6-3-8(14)9(4-7(6)13)16-20(17,18)11-1-2-19-10(11)5-15/h1-4,16H,5,15H2. The van der Waals surface area contributed by atoms with E-state index in [1.807, 2.05) is 0 Å². The number of nitrogens with two attached hydrogens (primary N) is 1. The summed E-state index contributed by atoms with van der Waals surface area (Å²) in [5, 5.41) is 2.27. The summed E-state index contributed by atoms with van der Waals surface area (Å²) in [6.45, 7) is 0.142. The molecule has 1 aromatic heterocycles. The molecule has 108 valence electrons. The zero-order valence-corrected chi connectivity index (χ0v) is 13.8. The normalized spacial score (nSPS) is 11.6. The fourth-order valence-corrected chi connectivity index (χ4v) is 4.57. The summed E-state index contributed by atoms with van der Waals surface area (Å²) in [5.41, 5.74) is 5.67. The molecule has 2 rings (SSSR count). The van der Waals surface area contributed by atoms with E-state index < -0.39 is 10.0 Å². The number of halogens is 3. The number of thiophene rings is 1. The third-order valence-electron chi connectivity index (χ3n) is 2.43. The van der Waals surface area contributed by atoms with Crippen LogP contribution in [0.2, 0.25) is 15.1 Å². The van der Waals surface area contributed by atoms with E-state index in [2.05, 4.69) is 4.72 Å². The van der Waals surface area contributed by atoms with E-state index in [0.29, 0.717) is 4.88 Å². The highest BCUT2D eigenvalue weighted by Crippen LogP contribution is 2.34. The Morgan fingerprint density at radius 1 is 1.15 bits per heavy atom. The first kappa shape index (κ1) is 15.9. The largest absolute Gasteiger partial charge is 0.326 e. The molecule has 2 aromatic rings. The Hall–Kier alpha value is -0.500. The molecule has 0 unspecified atom stereocenters. The van der Waals surface area contributed by atoms with E-state index >= 15 is 0 Å². The molecule has 1 heterocycles. The highest BCUT2D eigenvalue weighted by Gasteiger charge is 2.20. The van der Waals surface area contributed by atoms with Crippen LogP contribution in [-0.2, 0) is 16.6 Å². The highest BCUT2D eigenvalue weighted by atomic mass is 35.5. The van der Waals surface area contributed by atoms with Gasteiger partial charge in [-0.3, -0.25) is 4.72 Å². The van der Waals surface area contributed by atoms with Gasteiger partial charge in [-0.25, -0.2) is 8.42 Å². The maximum Gasteiger partial charge on any atom is 0.263 e. The number of hydrogen-bond acceptors (Lipinski definition) is 4. The summed E-state index contributed by atoms with van der Waals surface area (Å²) in [7, 11) is -3.77. The Kier molecular flexibility index (Phi) is 4.84. The average Bonchev–Trinajstić information content (AvgIpc) is 2.84. The van der Waals surface area contributed by atoms with E-state index in [0.717, 1.165) is 0 Å². The fourth-order valence-electron chi connectivity index (χ4n) is 1.52. The summed E-state index contributed by atoms with van der Waals surface area (Å²) in [5.74, 6) is 0. The maximum absolute atomic E-state index is 12.3. The first-order valence-corrected chi connectivity index (χ1v) is 8.78. The predicted octanol–water partition coefficient (Wildman–Crippen LogP) is 3.97. The monoisotopic (exact) mass is 370 g/mol. The molecule has 0 atom stereocenters. The van der Waals surface area contributed by atoms with Gasteiger partial charge in [0.25, 0.3) is 10.0 Å². The maximum atomic E-state index is 12.3. The predicted molar refractivity (Wildman–Crippen MR) is 84.5 cm³/mol. The van der Waals surface area contributed by atoms with Gasteiger partial charge in [0, 0.05) is 11.4 Å². The van der Waals surface area contributed by atoms with Crippen molar-refractivity contribution in [1.29, 1.82) is 0 Å². The molecule has 0 spiro atoms. The van der Waals surface area contributed by atoms with Crippen LogP contribution in [0.3, 0.4) is 0 Å². The number of nitrogens with one attached hydrogen (secondary N) is 1. The molecule has 4 nitrogen and oxygen atoms in total. The van der Waals surface area contributed by atoms with E-state index in [1.54, 1.807) is 5.38 Å². The van der Waals surface area contributed by atoms with Crippen molar-refractivity contribution in [3.05, 3.63) is 43.5 Å². The summed E-state index contributed by atoms with van der Waals surface area (Å²) in [6, 6.07) is 4.22. The van der Waals surface area contributed by atoms with Crippen molar-refractivity contribution in [3.63, 3.8) is 0 Å². The van der Waals surface area contributed by atoms with E-state index in [-0.39, 0.29) is 32.2 Å². The SMILES string of the molecule is NCc1sccc1S(=O)(=O)Nc1cc(Cl)c(Cl)cc1Cl. The Bertz CT molecular complexity index is 744. The lowest BCUT2D eigenvalue weighted by atomic mass is 10.3. The molecule has 0 bridgehead atoms. The minimum atomic E-state index is -3.77. The molecule has 0 amide bonds. The van der Waals surface area contributed by atoms with Crippen molar-refractivity contribution < 1.29 is 8.42 Å². The van der Waals surface area contributed by atoms with Crippen LogP contribution in [0.25, 0.3) is 0 Å². The third kappa shape index (κ3) is 3.21. The lowest BCUT2D eigenvalue weighted by Crippen LogP contribution is -2.15. The molecule has 0 aliphatic rings. The molecule has 0 saturated carbocycles. The van der Waals surface area contributed by atoms with Crippen LogP contribution < -0.4 is 10.5 Å². The van der Waals surface area contributed by atoms with Crippen LogP contribution in [0.4, 0.5) is 5.69 Å². The molecule has 0 radical (unpaired) electrons. The van der Waals surface area contributed by atoms with Crippen LogP contribution in [-0.4, -0.2) is 8.42 Å². The second kappa shape index (κ2) is 6.09. The zero-order valence-electron chi connectivity index (χ0n) is 9.86. The molecule has 0 fully saturated rings. The molecule has 3 N–H and O–H groups in total. The molecule has 0 aliphatic carbocycles. The first-order valence-electron chi connectivity index (χ1n) is 5.29. The lowest BCUT2D eigenvalue weighted by Gasteiger charge is -2.11. The van der Waals surface area contributed by atoms with Crippen molar-refractivity contribution in [2.75, 3.05) is 4.72 Å². The number of rotatable bonds is 4. The Balaban J connectivity index is 2.41. The van der Waals surface area contributed by atoms with Gasteiger partial charge in [-0.2, -0.15) is 0 Å². The lowest BCUT2D eigenvalue weighted by molar-refractivity contribution is 0.600. The molecule has 20 heavy (non-hydrogen) atoms. The van der Waals surface area contributed by atoms with Crippen LogP contribution in [0, 0.1) is 0 Å². The van der Waals surface area contributed by atoms with Crippen molar-refractivity contribution >= 4 is 61.9 Å². The summed E-state index contributed by atoms with van der Waals surface area (Å²) < 4.78 is 27.0. The average molecular weight is 372 g/mol. The quantitative estimate of drug-likeness (QED) is 0.799. The fraction of sp³-hybridized carbons (Fsp3) is 0.0909. The molecule has 0 saturated heterocycles. The summed E-state index contributed by atoms with van der Waals surface area (Å²) in [6.07, 6.45) is 0. The Morgan fingerprint density at radius 3 is 2.45 bits per heavy atom. The molecule has 0 aliphatic heterocycles. The smallest absolute Gasteiger partial charge is 0.263 e. The zero-order chi connectivity index (χ0) is 14.9. The van der Waals surface area contributed by atoms with Crippen molar-refractivity contribution in [1.82, 2.24) is 0 Å².